The predicted octanol–water partition coefficient (Wildman–Crippen LogP) is 2.73. The second-order valence-corrected chi connectivity index (χ2v) is 6.39. The molecule has 3 heteroatoms. The molecule has 0 aromatic carbocycles. The molecule has 0 amide bonds. The van der Waals surface area contributed by atoms with Gasteiger partial charge in [-0.2, -0.15) is 5.10 Å². The number of rotatable bonds is 4. The highest BCUT2D eigenvalue weighted by atomic mass is 15.3. The molecule has 3 rings (SSSR count). The quantitative estimate of drug-likeness (QED) is 0.843. The van der Waals surface area contributed by atoms with E-state index in [2.05, 4.69) is 43.3 Å². The minimum absolute atomic E-state index is 0.596. The van der Waals surface area contributed by atoms with Gasteiger partial charge in [-0.25, -0.2) is 0 Å². The lowest BCUT2D eigenvalue weighted by molar-refractivity contribution is 0.326. The van der Waals surface area contributed by atoms with Crippen LogP contribution in [0.4, 0.5) is 0 Å². The summed E-state index contributed by atoms with van der Waals surface area (Å²) in [6.45, 7) is 7.56. The van der Waals surface area contributed by atoms with Crippen LogP contribution in [0.3, 0.4) is 0 Å². The first kappa shape index (κ1) is 12.9. The van der Waals surface area contributed by atoms with Crippen LogP contribution < -0.4 is 5.32 Å². The monoisotopic (exact) mass is 259 g/mol. The van der Waals surface area contributed by atoms with E-state index in [9.17, 15) is 0 Å². The van der Waals surface area contributed by atoms with Gasteiger partial charge in [0.15, 0.2) is 0 Å². The third kappa shape index (κ3) is 2.25. The molecule has 0 saturated heterocycles. The number of aryl methyl sites for hydroxylation is 2. The second kappa shape index (κ2) is 4.78. The number of fused-ring (bicyclic) bond motifs is 2. The summed E-state index contributed by atoms with van der Waals surface area (Å²) in [5.41, 5.74) is 3.81. The van der Waals surface area contributed by atoms with Gasteiger partial charge in [0.25, 0.3) is 0 Å². The Bertz CT molecular complexity index is 500. The molecule has 2 aliphatic carbocycles. The molecule has 2 aliphatic rings. The van der Waals surface area contributed by atoms with Crippen LogP contribution in [-0.2, 0) is 13.6 Å². The van der Waals surface area contributed by atoms with Crippen molar-refractivity contribution in [1.82, 2.24) is 15.1 Å². The summed E-state index contributed by atoms with van der Waals surface area (Å²) in [6, 6.07) is 0.596. The number of nitrogens with one attached hydrogen (secondary N) is 1. The largest absolute Gasteiger partial charge is 0.310 e. The SMILES string of the molecule is Cc1nn(C)c(C)c1CNC(C)C1CC2C=CC1C2. The van der Waals surface area contributed by atoms with Gasteiger partial charge < -0.3 is 5.32 Å². The molecule has 104 valence electrons. The zero-order valence-corrected chi connectivity index (χ0v) is 12.5. The van der Waals surface area contributed by atoms with Crippen molar-refractivity contribution in [3.05, 3.63) is 29.1 Å². The van der Waals surface area contributed by atoms with Gasteiger partial charge in [0.1, 0.15) is 0 Å². The van der Waals surface area contributed by atoms with E-state index in [1.54, 1.807) is 0 Å². The van der Waals surface area contributed by atoms with E-state index in [-0.39, 0.29) is 0 Å². The first-order valence-corrected chi connectivity index (χ1v) is 7.47. The average molecular weight is 259 g/mol. The van der Waals surface area contributed by atoms with E-state index in [1.807, 2.05) is 11.7 Å². The van der Waals surface area contributed by atoms with Crippen LogP contribution in [0.15, 0.2) is 12.2 Å². The molecule has 2 bridgehead atoms. The van der Waals surface area contributed by atoms with Crippen LogP contribution in [-0.4, -0.2) is 15.8 Å². The van der Waals surface area contributed by atoms with Crippen molar-refractivity contribution in [3.8, 4) is 0 Å². The standard InChI is InChI=1S/C16H25N3/c1-10(15-8-13-5-6-14(15)7-13)17-9-16-11(2)18-19(4)12(16)3/h5-6,10,13-15,17H,7-9H2,1-4H3. The molecule has 4 atom stereocenters. The van der Waals surface area contributed by atoms with Crippen molar-refractivity contribution in [2.24, 2.45) is 24.8 Å². The number of hydrogen-bond donors (Lipinski definition) is 1. The molecule has 19 heavy (non-hydrogen) atoms. The highest BCUT2D eigenvalue weighted by Crippen LogP contribution is 2.44. The number of allylic oxidation sites excluding steroid dienone is 2. The summed E-state index contributed by atoms with van der Waals surface area (Å²) < 4.78 is 1.98. The van der Waals surface area contributed by atoms with E-state index in [1.165, 1.54) is 24.1 Å². The first-order valence-electron chi connectivity index (χ1n) is 7.47. The smallest absolute Gasteiger partial charge is 0.0641 e. The minimum atomic E-state index is 0.596. The van der Waals surface area contributed by atoms with Crippen molar-refractivity contribution in [2.75, 3.05) is 0 Å². The Hall–Kier alpha value is -1.09. The molecule has 1 aromatic heterocycles. The highest BCUT2D eigenvalue weighted by molar-refractivity contribution is 5.24. The Morgan fingerprint density at radius 3 is 2.68 bits per heavy atom. The summed E-state index contributed by atoms with van der Waals surface area (Å²) in [6.07, 6.45) is 7.63. The fourth-order valence-electron chi connectivity index (χ4n) is 3.89. The maximum absolute atomic E-state index is 4.49. The van der Waals surface area contributed by atoms with Crippen LogP contribution in [0.25, 0.3) is 0 Å². The lowest BCUT2D eigenvalue weighted by Gasteiger charge is -2.26. The van der Waals surface area contributed by atoms with Gasteiger partial charge in [0.05, 0.1) is 5.69 Å². The van der Waals surface area contributed by atoms with Gasteiger partial charge in [-0.1, -0.05) is 12.2 Å². The van der Waals surface area contributed by atoms with Gasteiger partial charge in [-0.05, 0) is 51.4 Å². The summed E-state index contributed by atoms with van der Waals surface area (Å²) in [5.74, 6) is 2.51. The van der Waals surface area contributed by atoms with Crippen molar-refractivity contribution in [2.45, 2.75) is 46.2 Å². The molecule has 1 N–H and O–H groups in total. The van der Waals surface area contributed by atoms with Crippen LogP contribution in [0.5, 0.6) is 0 Å². The van der Waals surface area contributed by atoms with Crippen molar-refractivity contribution >= 4 is 0 Å². The lowest BCUT2D eigenvalue weighted by atomic mass is 9.87. The second-order valence-electron chi connectivity index (χ2n) is 6.39. The fourth-order valence-corrected chi connectivity index (χ4v) is 3.89. The van der Waals surface area contributed by atoms with E-state index in [0.717, 1.165) is 30.0 Å². The molecular formula is C16H25N3. The summed E-state index contributed by atoms with van der Waals surface area (Å²) >= 11 is 0. The average Bonchev–Trinajstić information content (AvgIpc) is 3.05. The molecule has 1 heterocycles. The topological polar surface area (TPSA) is 29.9 Å². The molecule has 1 fully saturated rings. The van der Waals surface area contributed by atoms with Crippen molar-refractivity contribution < 1.29 is 0 Å². The molecule has 3 nitrogen and oxygen atoms in total. The molecule has 4 unspecified atom stereocenters. The Morgan fingerprint density at radius 1 is 1.37 bits per heavy atom. The van der Waals surface area contributed by atoms with Gasteiger partial charge in [-0.15, -0.1) is 0 Å². The number of aromatic nitrogens is 2. The predicted molar refractivity (Wildman–Crippen MR) is 77.8 cm³/mol. The third-order valence-corrected chi connectivity index (χ3v) is 5.23. The van der Waals surface area contributed by atoms with Crippen LogP contribution in [0.1, 0.15) is 36.7 Å². The van der Waals surface area contributed by atoms with E-state index in [0.29, 0.717) is 6.04 Å². The Kier molecular flexibility index (Phi) is 3.25. The molecular weight excluding hydrogens is 234 g/mol. The maximum Gasteiger partial charge on any atom is 0.0641 e. The molecule has 0 radical (unpaired) electrons. The zero-order valence-electron chi connectivity index (χ0n) is 12.5. The van der Waals surface area contributed by atoms with E-state index in [4.69, 9.17) is 0 Å². The molecule has 1 aromatic rings. The molecule has 1 saturated carbocycles. The number of hydrogen-bond acceptors (Lipinski definition) is 2. The van der Waals surface area contributed by atoms with E-state index < -0.39 is 0 Å². The van der Waals surface area contributed by atoms with Crippen LogP contribution in [0.2, 0.25) is 0 Å². The number of nitrogens with zero attached hydrogens (tertiary/aromatic N) is 2. The molecule has 0 spiro atoms. The summed E-state index contributed by atoms with van der Waals surface area (Å²) in [7, 11) is 2.02. The van der Waals surface area contributed by atoms with Gasteiger partial charge in [0.2, 0.25) is 0 Å². The Labute approximate surface area is 116 Å². The Morgan fingerprint density at radius 2 is 2.16 bits per heavy atom. The zero-order chi connectivity index (χ0) is 13.6. The van der Waals surface area contributed by atoms with Crippen molar-refractivity contribution in [1.29, 1.82) is 0 Å². The fraction of sp³-hybridized carbons (Fsp3) is 0.688. The van der Waals surface area contributed by atoms with Crippen LogP contribution in [0, 0.1) is 31.6 Å². The lowest BCUT2D eigenvalue weighted by Crippen LogP contribution is -2.35. The summed E-state index contributed by atoms with van der Waals surface area (Å²) in [4.78, 5) is 0. The minimum Gasteiger partial charge on any atom is -0.310 e. The summed E-state index contributed by atoms with van der Waals surface area (Å²) in [5, 5.41) is 8.22. The normalized spacial score (nSPS) is 30.2. The van der Waals surface area contributed by atoms with Gasteiger partial charge >= 0.3 is 0 Å². The highest BCUT2D eigenvalue weighted by Gasteiger charge is 2.38. The Balaban J connectivity index is 1.62. The first-order chi connectivity index (χ1) is 9.06. The van der Waals surface area contributed by atoms with Crippen molar-refractivity contribution in [3.63, 3.8) is 0 Å². The molecule has 0 aliphatic heterocycles. The van der Waals surface area contributed by atoms with Gasteiger partial charge in [-0.3, -0.25) is 4.68 Å². The van der Waals surface area contributed by atoms with E-state index >= 15 is 0 Å². The third-order valence-electron chi connectivity index (χ3n) is 5.23. The van der Waals surface area contributed by atoms with Crippen LogP contribution >= 0.6 is 0 Å². The maximum atomic E-state index is 4.49. The van der Waals surface area contributed by atoms with Gasteiger partial charge in [0, 0.05) is 30.9 Å².